The molecule has 0 fully saturated rings. The van der Waals surface area contributed by atoms with Crippen molar-refractivity contribution in [3.8, 4) is 0 Å². The Hall–Kier alpha value is -0.310. The molecule has 0 saturated carbocycles. The first-order valence-electron chi connectivity index (χ1n) is 5.74. The van der Waals surface area contributed by atoms with Crippen molar-refractivity contribution < 1.29 is 0 Å². The van der Waals surface area contributed by atoms with Gasteiger partial charge >= 0.3 is 0 Å². The summed E-state index contributed by atoms with van der Waals surface area (Å²) in [6.07, 6.45) is 4.50. The summed E-state index contributed by atoms with van der Waals surface area (Å²) in [6.45, 7) is 8.73. The molecule has 0 aliphatic carbocycles. The highest BCUT2D eigenvalue weighted by atomic mass is 32.1. The summed E-state index contributed by atoms with van der Waals surface area (Å²) < 4.78 is 0. The molecule has 84 valence electrons. The van der Waals surface area contributed by atoms with Crippen LogP contribution in [-0.4, -0.2) is 17.2 Å². The minimum absolute atomic E-state index is 0.518. The Bertz CT molecular complexity index is 135. The van der Waals surface area contributed by atoms with Gasteiger partial charge in [-0.25, -0.2) is 0 Å². The second-order valence-electron chi connectivity index (χ2n) is 3.64. The predicted octanol–water partition coefficient (Wildman–Crippen LogP) is 2.83. The normalized spacial score (nSPS) is 10.7. The molecule has 0 rings (SSSR count). The van der Waals surface area contributed by atoms with Gasteiger partial charge in [0.05, 0.1) is 0 Å². The molecular weight excluding hydrogens is 192 g/mol. The zero-order valence-corrected chi connectivity index (χ0v) is 10.7. The molecule has 0 amide bonds. The van der Waals surface area contributed by atoms with Crippen molar-refractivity contribution in [1.29, 1.82) is 0 Å². The van der Waals surface area contributed by atoms with E-state index in [1.165, 1.54) is 0 Å². The standard InChI is InChI=1S/C11H24N2S/c1-5-9(6-2)12-11(14)13-10(7-3)8-4/h9-10H,5-8H2,1-4H3,(H2,12,13,14). The molecule has 14 heavy (non-hydrogen) atoms. The third-order valence-corrected chi connectivity index (χ3v) is 2.88. The lowest BCUT2D eigenvalue weighted by molar-refractivity contribution is 0.530. The van der Waals surface area contributed by atoms with Gasteiger partial charge in [0.25, 0.3) is 0 Å². The summed E-state index contributed by atoms with van der Waals surface area (Å²) in [5.41, 5.74) is 0. The minimum Gasteiger partial charge on any atom is -0.360 e. The van der Waals surface area contributed by atoms with Crippen LogP contribution >= 0.6 is 12.2 Å². The molecule has 2 N–H and O–H groups in total. The smallest absolute Gasteiger partial charge is 0.166 e. The van der Waals surface area contributed by atoms with Gasteiger partial charge in [0, 0.05) is 12.1 Å². The molecule has 0 aliphatic heterocycles. The molecule has 0 unspecified atom stereocenters. The fraction of sp³-hybridized carbons (Fsp3) is 0.909. The van der Waals surface area contributed by atoms with Crippen LogP contribution in [0.25, 0.3) is 0 Å². The lowest BCUT2D eigenvalue weighted by Crippen LogP contribution is -2.45. The molecule has 0 bridgehead atoms. The average Bonchev–Trinajstić information content (AvgIpc) is 2.22. The zero-order chi connectivity index (χ0) is 11.0. The van der Waals surface area contributed by atoms with Gasteiger partial charge in [-0.3, -0.25) is 0 Å². The second kappa shape index (κ2) is 8.04. The van der Waals surface area contributed by atoms with E-state index in [4.69, 9.17) is 12.2 Å². The van der Waals surface area contributed by atoms with E-state index in [9.17, 15) is 0 Å². The van der Waals surface area contributed by atoms with E-state index in [-0.39, 0.29) is 0 Å². The van der Waals surface area contributed by atoms with Crippen molar-refractivity contribution in [1.82, 2.24) is 10.6 Å². The summed E-state index contributed by atoms with van der Waals surface area (Å²) in [4.78, 5) is 0. The van der Waals surface area contributed by atoms with Gasteiger partial charge in [0.2, 0.25) is 0 Å². The maximum Gasteiger partial charge on any atom is 0.166 e. The summed E-state index contributed by atoms with van der Waals surface area (Å²) in [5, 5.41) is 7.48. The van der Waals surface area contributed by atoms with Crippen molar-refractivity contribution in [3.05, 3.63) is 0 Å². The summed E-state index contributed by atoms with van der Waals surface area (Å²) in [7, 11) is 0. The zero-order valence-electron chi connectivity index (χ0n) is 9.89. The first-order valence-corrected chi connectivity index (χ1v) is 6.15. The molecule has 0 aliphatic rings. The van der Waals surface area contributed by atoms with Crippen LogP contribution in [0, 0.1) is 0 Å². The average molecular weight is 216 g/mol. The topological polar surface area (TPSA) is 24.1 Å². The van der Waals surface area contributed by atoms with Gasteiger partial charge in [0.15, 0.2) is 5.11 Å². The molecule has 0 aromatic rings. The Morgan fingerprint density at radius 2 is 1.14 bits per heavy atom. The van der Waals surface area contributed by atoms with Crippen LogP contribution in [0.1, 0.15) is 53.4 Å². The second-order valence-corrected chi connectivity index (χ2v) is 4.05. The maximum absolute atomic E-state index is 5.25. The lowest BCUT2D eigenvalue weighted by atomic mass is 10.1. The third kappa shape index (κ3) is 5.43. The van der Waals surface area contributed by atoms with Gasteiger partial charge in [-0.05, 0) is 37.9 Å². The monoisotopic (exact) mass is 216 g/mol. The molecule has 0 saturated heterocycles. The van der Waals surface area contributed by atoms with Crippen molar-refractivity contribution in [2.75, 3.05) is 0 Å². The van der Waals surface area contributed by atoms with E-state index in [0.29, 0.717) is 12.1 Å². The highest BCUT2D eigenvalue weighted by Crippen LogP contribution is 1.98. The minimum atomic E-state index is 0.518. The Kier molecular flexibility index (Phi) is 7.86. The van der Waals surface area contributed by atoms with E-state index in [1.807, 2.05) is 0 Å². The number of hydrogen-bond donors (Lipinski definition) is 2. The first-order chi connectivity index (χ1) is 6.67. The van der Waals surface area contributed by atoms with Gasteiger partial charge in [-0.15, -0.1) is 0 Å². The van der Waals surface area contributed by atoms with Crippen molar-refractivity contribution in [2.45, 2.75) is 65.5 Å². The van der Waals surface area contributed by atoms with Gasteiger partial charge in [-0.2, -0.15) is 0 Å². The van der Waals surface area contributed by atoms with Crippen LogP contribution in [0.5, 0.6) is 0 Å². The van der Waals surface area contributed by atoms with Crippen LogP contribution in [0.2, 0.25) is 0 Å². The Labute approximate surface area is 93.8 Å². The molecule has 0 heterocycles. The Morgan fingerprint density at radius 1 is 0.857 bits per heavy atom. The van der Waals surface area contributed by atoms with Crippen molar-refractivity contribution in [2.24, 2.45) is 0 Å². The summed E-state index contributed by atoms with van der Waals surface area (Å²) in [6, 6.07) is 1.04. The first kappa shape index (κ1) is 13.7. The van der Waals surface area contributed by atoms with E-state index in [2.05, 4.69) is 38.3 Å². The maximum atomic E-state index is 5.25. The molecule has 0 spiro atoms. The molecule has 2 nitrogen and oxygen atoms in total. The summed E-state index contributed by atoms with van der Waals surface area (Å²) >= 11 is 5.25. The molecule has 0 aromatic carbocycles. The highest BCUT2D eigenvalue weighted by Gasteiger charge is 2.08. The van der Waals surface area contributed by atoms with E-state index in [1.54, 1.807) is 0 Å². The van der Waals surface area contributed by atoms with Crippen LogP contribution in [-0.2, 0) is 0 Å². The number of rotatable bonds is 6. The highest BCUT2D eigenvalue weighted by molar-refractivity contribution is 7.80. The third-order valence-electron chi connectivity index (χ3n) is 2.64. The van der Waals surface area contributed by atoms with E-state index >= 15 is 0 Å². The largest absolute Gasteiger partial charge is 0.360 e. The van der Waals surface area contributed by atoms with Gasteiger partial charge < -0.3 is 10.6 Å². The Morgan fingerprint density at radius 3 is 1.36 bits per heavy atom. The van der Waals surface area contributed by atoms with Gasteiger partial charge in [0.1, 0.15) is 0 Å². The Balaban J connectivity index is 3.83. The van der Waals surface area contributed by atoms with Crippen LogP contribution in [0.4, 0.5) is 0 Å². The van der Waals surface area contributed by atoms with Crippen LogP contribution in [0.3, 0.4) is 0 Å². The molecular formula is C11H24N2S. The lowest BCUT2D eigenvalue weighted by Gasteiger charge is -2.22. The molecule has 0 atom stereocenters. The van der Waals surface area contributed by atoms with Crippen LogP contribution < -0.4 is 10.6 Å². The summed E-state index contributed by atoms with van der Waals surface area (Å²) in [5.74, 6) is 0. The molecule has 3 heteroatoms. The quantitative estimate of drug-likeness (QED) is 0.668. The van der Waals surface area contributed by atoms with E-state index < -0.39 is 0 Å². The molecule has 0 aromatic heterocycles. The fourth-order valence-electron chi connectivity index (χ4n) is 1.40. The number of nitrogens with one attached hydrogen (secondary N) is 2. The van der Waals surface area contributed by atoms with Crippen molar-refractivity contribution in [3.63, 3.8) is 0 Å². The molecule has 0 radical (unpaired) electrons. The fourth-order valence-corrected chi connectivity index (χ4v) is 1.73. The van der Waals surface area contributed by atoms with Gasteiger partial charge in [-0.1, -0.05) is 27.7 Å². The van der Waals surface area contributed by atoms with Crippen molar-refractivity contribution >= 4 is 17.3 Å². The van der Waals surface area contributed by atoms with E-state index in [0.717, 1.165) is 30.8 Å². The SMILES string of the molecule is CCC(CC)NC(=S)NC(CC)CC. The van der Waals surface area contributed by atoms with Crippen LogP contribution in [0.15, 0.2) is 0 Å². The number of thiocarbonyl (C=S) groups is 1. The number of hydrogen-bond acceptors (Lipinski definition) is 1. The predicted molar refractivity (Wildman–Crippen MR) is 67.6 cm³/mol.